The first-order valence-corrected chi connectivity index (χ1v) is 8.03. The molecule has 6 atom stereocenters. The Hall–Kier alpha value is -1.86. The summed E-state index contributed by atoms with van der Waals surface area (Å²) in [6.45, 7) is 1.93. The number of aliphatic hydroxyl groups excluding tert-OH is 7. The van der Waals surface area contributed by atoms with Crippen LogP contribution in [0.5, 0.6) is 0 Å². The molecule has 0 bridgehead atoms. The average Bonchev–Trinajstić information content (AvgIpc) is 2.57. The Morgan fingerprint density at radius 3 is 1.26 bits per heavy atom. The van der Waals surface area contributed by atoms with E-state index in [1.165, 1.54) is 0 Å². The van der Waals surface area contributed by atoms with Crippen LogP contribution in [0.25, 0.3) is 0 Å². The molecule has 11 nitrogen and oxygen atoms in total. The second-order valence-corrected chi connectivity index (χ2v) is 5.82. The molecule has 9 N–H and O–H groups in total. The van der Waals surface area contributed by atoms with Gasteiger partial charge in [0.2, 0.25) is 0 Å². The molecule has 0 spiro atoms. The highest BCUT2D eigenvalue weighted by atomic mass is 16.4. The van der Waals surface area contributed by atoms with Crippen molar-refractivity contribution in [2.45, 2.75) is 56.4 Å². The molecule has 2 aliphatic rings. The molecule has 0 aromatic heterocycles. The van der Waals surface area contributed by atoms with E-state index in [2.05, 4.69) is 0 Å². The molecule has 0 fully saturated rings. The minimum absolute atomic E-state index is 0.0692. The van der Waals surface area contributed by atoms with Crippen LogP contribution in [0.4, 0.5) is 0 Å². The molecule has 0 amide bonds. The minimum Gasteiger partial charge on any atom is -0.478 e. The number of aliphatic carboxylic acids is 2. The van der Waals surface area contributed by atoms with Crippen molar-refractivity contribution in [2.24, 2.45) is 0 Å². The maximum atomic E-state index is 10.4. The Morgan fingerprint density at radius 1 is 0.815 bits per heavy atom. The van der Waals surface area contributed by atoms with Crippen LogP contribution in [0, 0.1) is 0 Å². The topological polar surface area (TPSA) is 216 Å². The number of rotatable bonds is 2. The van der Waals surface area contributed by atoms with Gasteiger partial charge in [-0.05, 0) is 19.1 Å². The van der Waals surface area contributed by atoms with Gasteiger partial charge in [0, 0.05) is 30.6 Å². The third kappa shape index (κ3) is 8.13. The fourth-order valence-electron chi connectivity index (χ4n) is 2.21. The van der Waals surface area contributed by atoms with E-state index in [4.69, 9.17) is 46.0 Å². The number of hydrogen-bond acceptors (Lipinski definition) is 9. The Labute approximate surface area is 154 Å². The summed E-state index contributed by atoms with van der Waals surface area (Å²) < 4.78 is 0. The van der Waals surface area contributed by atoms with E-state index in [0.717, 1.165) is 12.2 Å². The molecule has 0 aliphatic heterocycles. The molecule has 2 aliphatic carbocycles. The van der Waals surface area contributed by atoms with Gasteiger partial charge in [0.1, 0.15) is 24.4 Å². The summed E-state index contributed by atoms with van der Waals surface area (Å²) in [5.41, 5.74) is -0.138. The lowest BCUT2D eigenvalue weighted by molar-refractivity contribution is -0.135. The van der Waals surface area contributed by atoms with Crippen molar-refractivity contribution in [1.29, 1.82) is 0 Å². The standard InChI is InChI=1S/2C7H10O5.C2H6O/c2*8-4-1-3(7(11)12)2-5(9)6(4)10;1-2-3/h2*1,4-6,8-10H,2H2,(H,11,12);3H,2H2,1H3/t2*4-,5-,6-;/m11./s1. The predicted molar refractivity (Wildman–Crippen MR) is 89.5 cm³/mol. The molecular weight excluding hydrogens is 368 g/mol. The second kappa shape index (κ2) is 11.8. The number of aliphatic hydroxyl groups is 7. The predicted octanol–water partition coefficient (Wildman–Crippen LogP) is -3.03. The zero-order valence-corrected chi connectivity index (χ0v) is 14.6. The van der Waals surface area contributed by atoms with Gasteiger partial charge in [-0.2, -0.15) is 0 Å². The highest BCUT2D eigenvalue weighted by Crippen LogP contribution is 2.20. The third-order valence-electron chi connectivity index (χ3n) is 3.64. The summed E-state index contributed by atoms with van der Waals surface area (Å²) in [5, 5.41) is 78.7. The van der Waals surface area contributed by atoms with Crippen molar-refractivity contribution in [3.05, 3.63) is 23.3 Å². The van der Waals surface area contributed by atoms with Crippen molar-refractivity contribution in [3.63, 3.8) is 0 Å². The van der Waals surface area contributed by atoms with Crippen LogP contribution in [0.15, 0.2) is 23.3 Å². The molecule has 0 saturated heterocycles. The van der Waals surface area contributed by atoms with E-state index >= 15 is 0 Å². The van der Waals surface area contributed by atoms with Crippen molar-refractivity contribution in [1.82, 2.24) is 0 Å². The molecule has 0 saturated carbocycles. The molecule has 0 aromatic carbocycles. The summed E-state index contributed by atoms with van der Waals surface area (Å²) in [6, 6.07) is 0. The molecule has 2 rings (SSSR count). The zero-order chi connectivity index (χ0) is 21.3. The first kappa shape index (κ1) is 25.1. The smallest absolute Gasteiger partial charge is 0.331 e. The lowest BCUT2D eigenvalue weighted by Gasteiger charge is -2.25. The Balaban J connectivity index is 0.000000438. The van der Waals surface area contributed by atoms with Gasteiger partial charge in [-0.25, -0.2) is 9.59 Å². The van der Waals surface area contributed by atoms with E-state index in [0.29, 0.717) is 0 Å². The van der Waals surface area contributed by atoms with Crippen molar-refractivity contribution in [3.8, 4) is 0 Å². The van der Waals surface area contributed by atoms with Gasteiger partial charge >= 0.3 is 11.9 Å². The average molecular weight is 394 g/mol. The monoisotopic (exact) mass is 394 g/mol. The number of carboxylic acids is 2. The van der Waals surface area contributed by atoms with E-state index in [1.54, 1.807) is 6.92 Å². The zero-order valence-electron chi connectivity index (χ0n) is 14.6. The number of carbonyl (C=O) groups is 2. The minimum atomic E-state index is -1.29. The molecule has 0 aromatic rings. The van der Waals surface area contributed by atoms with Crippen molar-refractivity contribution >= 4 is 11.9 Å². The lowest BCUT2D eigenvalue weighted by Crippen LogP contribution is -2.40. The molecule has 27 heavy (non-hydrogen) atoms. The summed E-state index contributed by atoms with van der Waals surface area (Å²) >= 11 is 0. The Bertz CT molecular complexity index is 509. The van der Waals surface area contributed by atoms with Crippen LogP contribution in [-0.4, -0.2) is 101 Å². The molecule has 11 heteroatoms. The SMILES string of the molecule is CCO.O=C(O)C1=C[C@@H](O)[C@@H](O)[C@H](O)C1.O=C(O)C1=C[C@@H](O)[C@@H](O)[C@H](O)C1. The van der Waals surface area contributed by atoms with Crippen LogP contribution >= 0.6 is 0 Å². The Morgan fingerprint density at radius 2 is 1.07 bits per heavy atom. The largest absolute Gasteiger partial charge is 0.478 e. The van der Waals surface area contributed by atoms with Gasteiger partial charge < -0.3 is 46.0 Å². The van der Waals surface area contributed by atoms with Crippen LogP contribution in [0.2, 0.25) is 0 Å². The highest BCUT2D eigenvalue weighted by Gasteiger charge is 2.32. The summed E-state index contributed by atoms with van der Waals surface area (Å²) in [6.07, 6.45) is -5.73. The maximum absolute atomic E-state index is 10.4. The quantitative estimate of drug-likeness (QED) is 0.229. The number of carboxylic acid groups (broad SMARTS) is 2. The molecule has 0 heterocycles. The van der Waals surface area contributed by atoms with E-state index in [1.807, 2.05) is 0 Å². The van der Waals surface area contributed by atoms with Crippen molar-refractivity contribution in [2.75, 3.05) is 6.61 Å². The molecule has 0 unspecified atom stereocenters. The first-order chi connectivity index (χ1) is 12.5. The van der Waals surface area contributed by atoms with Gasteiger partial charge in [0.15, 0.2) is 0 Å². The fourth-order valence-corrected chi connectivity index (χ4v) is 2.21. The third-order valence-corrected chi connectivity index (χ3v) is 3.64. The van der Waals surface area contributed by atoms with Crippen LogP contribution < -0.4 is 0 Å². The molecular formula is C16H26O11. The molecule has 0 radical (unpaired) electrons. The Kier molecular flexibility index (Phi) is 11.0. The highest BCUT2D eigenvalue weighted by molar-refractivity contribution is 5.87. The van der Waals surface area contributed by atoms with Crippen molar-refractivity contribution < 1.29 is 55.5 Å². The van der Waals surface area contributed by atoms with Crippen LogP contribution in [0.3, 0.4) is 0 Å². The normalized spacial score (nSPS) is 32.6. The number of hydrogen-bond donors (Lipinski definition) is 9. The van der Waals surface area contributed by atoms with Crippen LogP contribution in [0.1, 0.15) is 19.8 Å². The lowest BCUT2D eigenvalue weighted by atomic mass is 9.92. The fraction of sp³-hybridized carbons (Fsp3) is 0.625. The maximum Gasteiger partial charge on any atom is 0.331 e. The van der Waals surface area contributed by atoms with E-state index < -0.39 is 48.6 Å². The van der Waals surface area contributed by atoms with E-state index in [9.17, 15) is 9.59 Å². The summed E-state index contributed by atoms with van der Waals surface area (Å²) in [4.78, 5) is 20.8. The second-order valence-electron chi connectivity index (χ2n) is 5.82. The van der Waals surface area contributed by atoms with Gasteiger partial charge in [0.05, 0.1) is 12.2 Å². The van der Waals surface area contributed by atoms with Gasteiger partial charge in [-0.15, -0.1) is 0 Å². The molecule has 156 valence electrons. The summed E-state index contributed by atoms with van der Waals surface area (Å²) in [5.74, 6) is -2.36. The first-order valence-electron chi connectivity index (χ1n) is 8.03. The van der Waals surface area contributed by atoms with Gasteiger partial charge in [-0.1, -0.05) is 0 Å². The summed E-state index contributed by atoms with van der Waals surface area (Å²) in [7, 11) is 0. The van der Waals surface area contributed by atoms with Gasteiger partial charge in [0.25, 0.3) is 0 Å². The van der Waals surface area contributed by atoms with Crippen LogP contribution in [-0.2, 0) is 9.59 Å². The van der Waals surface area contributed by atoms with E-state index in [-0.39, 0.29) is 30.6 Å². The van der Waals surface area contributed by atoms with Gasteiger partial charge in [-0.3, -0.25) is 0 Å².